The molecule has 0 aromatic carbocycles. The van der Waals surface area contributed by atoms with Crippen molar-refractivity contribution in [2.24, 2.45) is 11.1 Å². The van der Waals surface area contributed by atoms with Crippen LogP contribution in [-0.2, 0) is 0 Å². The van der Waals surface area contributed by atoms with Gasteiger partial charge < -0.3 is 11.1 Å². The molecule has 0 saturated heterocycles. The van der Waals surface area contributed by atoms with Gasteiger partial charge >= 0.3 is 0 Å². The van der Waals surface area contributed by atoms with E-state index in [1.54, 1.807) is 0 Å². The summed E-state index contributed by atoms with van der Waals surface area (Å²) in [5, 5.41) is 3.62. The van der Waals surface area contributed by atoms with Crippen molar-refractivity contribution in [2.45, 2.75) is 71.4 Å². The van der Waals surface area contributed by atoms with Gasteiger partial charge in [0.25, 0.3) is 0 Å². The lowest BCUT2D eigenvalue weighted by Crippen LogP contribution is -2.33. The topological polar surface area (TPSA) is 38.0 Å². The molecule has 3 N–H and O–H groups in total. The summed E-state index contributed by atoms with van der Waals surface area (Å²) < 4.78 is 0. The van der Waals surface area contributed by atoms with E-state index in [-0.39, 0.29) is 0 Å². The number of hydrogen-bond acceptors (Lipinski definition) is 2. The van der Waals surface area contributed by atoms with Crippen LogP contribution in [0.2, 0.25) is 0 Å². The highest BCUT2D eigenvalue weighted by molar-refractivity contribution is 4.76. The fraction of sp³-hybridized carbons (Fsp3) is 1.00. The molecule has 0 aromatic heterocycles. The second-order valence-corrected chi connectivity index (χ2v) is 6.25. The van der Waals surface area contributed by atoms with Crippen LogP contribution in [0.3, 0.4) is 0 Å². The van der Waals surface area contributed by atoms with Crippen LogP contribution in [0.15, 0.2) is 0 Å². The first-order chi connectivity index (χ1) is 6.97. The Hall–Kier alpha value is -0.0800. The SMILES string of the molecule is CC(C)(C)CC(N)CCNC1CCCC1. The van der Waals surface area contributed by atoms with Crippen molar-refractivity contribution in [2.75, 3.05) is 6.54 Å². The third-order valence-corrected chi connectivity index (χ3v) is 3.18. The summed E-state index contributed by atoms with van der Waals surface area (Å²) in [6.07, 6.45) is 7.80. The third-order valence-electron chi connectivity index (χ3n) is 3.18. The zero-order chi connectivity index (χ0) is 11.3. The predicted molar refractivity (Wildman–Crippen MR) is 66.9 cm³/mol. The first kappa shape index (κ1) is 13.0. The highest BCUT2D eigenvalue weighted by Crippen LogP contribution is 2.21. The van der Waals surface area contributed by atoms with Crippen LogP contribution in [-0.4, -0.2) is 18.6 Å². The van der Waals surface area contributed by atoms with Crippen molar-refractivity contribution >= 4 is 0 Å². The van der Waals surface area contributed by atoms with Gasteiger partial charge in [-0.05, 0) is 37.6 Å². The summed E-state index contributed by atoms with van der Waals surface area (Å²) in [5.74, 6) is 0. The van der Waals surface area contributed by atoms with Crippen LogP contribution in [0, 0.1) is 5.41 Å². The molecule has 2 nitrogen and oxygen atoms in total. The first-order valence-corrected chi connectivity index (χ1v) is 6.46. The molecule has 1 unspecified atom stereocenters. The van der Waals surface area contributed by atoms with E-state index in [1.165, 1.54) is 25.7 Å². The molecule has 0 bridgehead atoms. The molecule has 1 saturated carbocycles. The van der Waals surface area contributed by atoms with Gasteiger partial charge in [-0.15, -0.1) is 0 Å². The van der Waals surface area contributed by atoms with Gasteiger partial charge in [-0.3, -0.25) is 0 Å². The molecule has 90 valence electrons. The molecule has 0 radical (unpaired) electrons. The van der Waals surface area contributed by atoms with Crippen LogP contribution >= 0.6 is 0 Å². The van der Waals surface area contributed by atoms with Crippen molar-refractivity contribution < 1.29 is 0 Å². The lowest BCUT2D eigenvalue weighted by molar-refractivity contribution is 0.326. The Morgan fingerprint density at radius 2 is 1.87 bits per heavy atom. The Kier molecular flexibility index (Phi) is 5.07. The van der Waals surface area contributed by atoms with Gasteiger partial charge in [-0.25, -0.2) is 0 Å². The smallest absolute Gasteiger partial charge is 0.00670 e. The Bertz CT molecular complexity index is 166. The van der Waals surface area contributed by atoms with E-state index < -0.39 is 0 Å². The van der Waals surface area contributed by atoms with E-state index in [9.17, 15) is 0 Å². The van der Waals surface area contributed by atoms with E-state index in [1.807, 2.05) is 0 Å². The third kappa shape index (κ3) is 6.16. The van der Waals surface area contributed by atoms with E-state index in [2.05, 4.69) is 26.1 Å². The monoisotopic (exact) mass is 212 g/mol. The Morgan fingerprint density at radius 1 is 1.27 bits per heavy atom. The molecule has 0 amide bonds. The molecule has 0 heterocycles. The number of nitrogens with one attached hydrogen (secondary N) is 1. The van der Waals surface area contributed by atoms with Crippen LogP contribution in [0.25, 0.3) is 0 Å². The first-order valence-electron chi connectivity index (χ1n) is 6.46. The Balaban J connectivity index is 2.03. The van der Waals surface area contributed by atoms with Gasteiger partial charge in [0.1, 0.15) is 0 Å². The average molecular weight is 212 g/mol. The maximum atomic E-state index is 6.10. The standard InChI is InChI=1S/C13H28N2/c1-13(2,3)10-11(14)8-9-15-12-6-4-5-7-12/h11-12,15H,4-10,14H2,1-3H3. The Morgan fingerprint density at radius 3 is 2.40 bits per heavy atom. The predicted octanol–water partition coefficient (Wildman–Crippen LogP) is 2.67. The van der Waals surface area contributed by atoms with E-state index in [4.69, 9.17) is 5.73 Å². The lowest BCUT2D eigenvalue weighted by Gasteiger charge is -2.23. The largest absolute Gasteiger partial charge is 0.328 e. The van der Waals surface area contributed by atoms with Crippen molar-refractivity contribution in [3.05, 3.63) is 0 Å². The number of nitrogens with two attached hydrogens (primary N) is 1. The van der Waals surface area contributed by atoms with Crippen LogP contribution in [0.5, 0.6) is 0 Å². The van der Waals surface area contributed by atoms with Crippen LogP contribution in [0.1, 0.15) is 59.3 Å². The molecular formula is C13H28N2. The maximum Gasteiger partial charge on any atom is 0.00670 e. The summed E-state index contributed by atoms with van der Waals surface area (Å²) in [6, 6.07) is 1.14. The summed E-state index contributed by atoms with van der Waals surface area (Å²) in [7, 11) is 0. The molecule has 1 fully saturated rings. The molecule has 1 rings (SSSR count). The fourth-order valence-corrected chi connectivity index (χ4v) is 2.49. The van der Waals surface area contributed by atoms with Crippen molar-refractivity contribution in [1.29, 1.82) is 0 Å². The van der Waals surface area contributed by atoms with Crippen molar-refractivity contribution in [1.82, 2.24) is 5.32 Å². The van der Waals surface area contributed by atoms with Gasteiger partial charge in [0.2, 0.25) is 0 Å². The fourth-order valence-electron chi connectivity index (χ4n) is 2.49. The van der Waals surface area contributed by atoms with Gasteiger partial charge in [0.05, 0.1) is 0 Å². The number of rotatable bonds is 5. The molecule has 1 aliphatic carbocycles. The second-order valence-electron chi connectivity index (χ2n) is 6.25. The highest BCUT2D eigenvalue weighted by Gasteiger charge is 2.17. The minimum absolute atomic E-state index is 0.360. The zero-order valence-electron chi connectivity index (χ0n) is 10.7. The molecule has 1 atom stereocenters. The summed E-state index contributed by atoms with van der Waals surface area (Å²) in [6.45, 7) is 7.88. The van der Waals surface area contributed by atoms with Gasteiger partial charge in [0.15, 0.2) is 0 Å². The summed E-state index contributed by atoms with van der Waals surface area (Å²) in [5.41, 5.74) is 6.47. The van der Waals surface area contributed by atoms with Crippen LogP contribution in [0.4, 0.5) is 0 Å². The second kappa shape index (κ2) is 5.86. The highest BCUT2D eigenvalue weighted by atomic mass is 14.9. The molecule has 0 aliphatic heterocycles. The molecular weight excluding hydrogens is 184 g/mol. The maximum absolute atomic E-state index is 6.10. The van der Waals surface area contributed by atoms with E-state index in [0.717, 1.165) is 25.4 Å². The quantitative estimate of drug-likeness (QED) is 0.735. The van der Waals surface area contributed by atoms with Gasteiger partial charge in [0, 0.05) is 12.1 Å². The molecule has 15 heavy (non-hydrogen) atoms. The average Bonchev–Trinajstić information content (AvgIpc) is 2.53. The van der Waals surface area contributed by atoms with Crippen LogP contribution < -0.4 is 11.1 Å². The molecule has 0 spiro atoms. The molecule has 0 aromatic rings. The van der Waals surface area contributed by atoms with Gasteiger partial charge in [-0.2, -0.15) is 0 Å². The number of hydrogen-bond donors (Lipinski definition) is 2. The van der Waals surface area contributed by atoms with E-state index in [0.29, 0.717) is 11.5 Å². The van der Waals surface area contributed by atoms with Gasteiger partial charge in [-0.1, -0.05) is 33.6 Å². The minimum atomic E-state index is 0.360. The molecule has 2 heteroatoms. The summed E-state index contributed by atoms with van der Waals surface area (Å²) in [4.78, 5) is 0. The van der Waals surface area contributed by atoms with Crippen molar-refractivity contribution in [3.8, 4) is 0 Å². The zero-order valence-corrected chi connectivity index (χ0v) is 10.7. The van der Waals surface area contributed by atoms with Crippen molar-refractivity contribution in [3.63, 3.8) is 0 Å². The minimum Gasteiger partial charge on any atom is -0.328 e. The molecule has 1 aliphatic rings. The van der Waals surface area contributed by atoms with E-state index >= 15 is 0 Å². The summed E-state index contributed by atoms with van der Waals surface area (Å²) >= 11 is 0. The normalized spacial score (nSPS) is 20.8. The lowest BCUT2D eigenvalue weighted by atomic mass is 9.87. The Labute approximate surface area is 95.0 Å².